The molecule has 0 spiro atoms. The van der Waals surface area contributed by atoms with E-state index in [0.29, 0.717) is 31.9 Å². The molecule has 1 heterocycles. The van der Waals surface area contributed by atoms with Gasteiger partial charge in [-0.15, -0.1) is 0 Å². The van der Waals surface area contributed by atoms with E-state index < -0.39 is 30.9 Å². The summed E-state index contributed by atoms with van der Waals surface area (Å²) in [5.74, 6) is -2.20. The zero-order valence-corrected chi connectivity index (χ0v) is 17.2. The number of hydrogen-bond acceptors (Lipinski definition) is 6. The van der Waals surface area contributed by atoms with Crippen molar-refractivity contribution in [3.05, 3.63) is 59.4 Å². The second kappa shape index (κ2) is 10.2. The third-order valence-corrected chi connectivity index (χ3v) is 4.95. The van der Waals surface area contributed by atoms with E-state index >= 15 is 0 Å². The second-order valence-corrected chi connectivity index (χ2v) is 7.07. The average molecular weight is 450 g/mol. The molecule has 0 atom stereocenters. The molecular weight excluding hydrogens is 429 g/mol. The van der Waals surface area contributed by atoms with E-state index in [1.807, 2.05) is 0 Å². The molecule has 1 aliphatic heterocycles. The highest BCUT2D eigenvalue weighted by atomic mass is 19.3. The van der Waals surface area contributed by atoms with Crippen LogP contribution < -0.4 is 9.64 Å². The molecule has 0 aliphatic carbocycles. The highest BCUT2D eigenvalue weighted by molar-refractivity contribution is 5.94. The van der Waals surface area contributed by atoms with Crippen molar-refractivity contribution in [2.75, 3.05) is 37.7 Å². The fourth-order valence-corrected chi connectivity index (χ4v) is 3.28. The van der Waals surface area contributed by atoms with Gasteiger partial charge < -0.3 is 19.3 Å². The first-order valence-electron chi connectivity index (χ1n) is 9.80. The van der Waals surface area contributed by atoms with Crippen LogP contribution in [0.25, 0.3) is 0 Å². The molecule has 10 heteroatoms. The summed E-state index contributed by atoms with van der Waals surface area (Å²) < 4.78 is 48.2. The van der Waals surface area contributed by atoms with Crippen LogP contribution in [0.2, 0.25) is 0 Å². The van der Waals surface area contributed by atoms with Crippen molar-refractivity contribution in [3.63, 3.8) is 0 Å². The van der Waals surface area contributed by atoms with E-state index in [2.05, 4.69) is 4.74 Å². The first-order valence-corrected chi connectivity index (χ1v) is 9.80. The van der Waals surface area contributed by atoms with Crippen LogP contribution >= 0.6 is 0 Å². The molecule has 0 aromatic heterocycles. The number of carbonyl (C=O) groups is 3. The zero-order valence-electron chi connectivity index (χ0n) is 17.2. The van der Waals surface area contributed by atoms with E-state index in [1.54, 1.807) is 11.0 Å². The van der Waals surface area contributed by atoms with Gasteiger partial charge in [-0.25, -0.2) is 9.18 Å². The Labute approximate surface area is 182 Å². The van der Waals surface area contributed by atoms with Crippen LogP contribution in [-0.4, -0.2) is 62.0 Å². The topological polar surface area (TPSA) is 76.2 Å². The maximum absolute atomic E-state index is 14.3. The summed E-state index contributed by atoms with van der Waals surface area (Å²) in [5.41, 5.74) is 0.609. The Bertz CT molecular complexity index is 1010. The van der Waals surface area contributed by atoms with Crippen molar-refractivity contribution in [3.8, 4) is 5.75 Å². The summed E-state index contributed by atoms with van der Waals surface area (Å²) in [6, 6.07) is 9.37. The highest BCUT2D eigenvalue weighted by Crippen LogP contribution is 2.22. The molecule has 1 amide bonds. The van der Waals surface area contributed by atoms with Gasteiger partial charge in [-0.1, -0.05) is 6.07 Å². The molecule has 0 bridgehead atoms. The van der Waals surface area contributed by atoms with Crippen molar-refractivity contribution in [2.45, 2.75) is 13.5 Å². The van der Waals surface area contributed by atoms with E-state index in [0.717, 1.165) is 6.07 Å². The number of rotatable bonds is 7. The largest absolute Gasteiger partial charge is 0.452 e. The Morgan fingerprint density at radius 1 is 1.00 bits per heavy atom. The first kappa shape index (κ1) is 23.1. The quantitative estimate of drug-likeness (QED) is 0.477. The minimum absolute atomic E-state index is 0.0229. The number of nitrogens with zero attached hydrogens (tertiary/aromatic N) is 2. The van der Waals surface area contributed by atoms with Crippen molar-refractivity contribution in [1.29, 1.82) is 0 Å². The van der Waals surface area contributed by atoms with Crippen molar-refractivity contribution in [2.24, 2.45) is 0 Å². The van der Waals surface area contributed by atoms with Crippen LogP contribution in [0.5, 0.6) is 5.75 Å². The normalized spacial score (nSPS) is 13.8. The molecular formula is C22H21F3N2O5. The van der Waals surface area contributed by atoms with E-state index in [-0.39, 0.29) is 22.7 Å². The van der Waals surface area contributed by atoms with Gasteiger partial charge in [0.1, 0.15) is 11.6 Å². The third-order valence-electron chi connectivity index (χ3n) is 4.95. The van der Waals surface area contributed by atoms with Crippen LogP contribution in [0.15, 0.2) is 42.5 Å². The molecule has 0 saturated carbocycles. The first-order chi connectivity index (χ1) is 15.2. The predicted molar refractivity (Wildman–Crippen MR) is 109 cm³/mol. The van der Waals surface area contributed by atoms with Gasteiger partial charge in [0.25, 0.3) is 5.91 Å². The van der Waals surface area contributed by atoms with Gasteiger partial charge in [0.2, 0.25) is 0 Å². The van der Waals surface area contributed by atoms with Gasteiger partial charge in [0.15, 0.2) is 12.4 Å². The number of ketones is 1. The number of piperazine rings is 1. The number of hydrogen-bond donors (Lipinski definition) is 0. The third kappa shape index (κ3) is 5.77. The van der Waals surface area contributed by atoms with Crippen molar-refractivity contribution < 1.29 is 37.0 Å². The van der Waals surface area contributed by atoms with Gasteiger partial charge in [0.05, 0.1) is 11.3 Å². The molecule has 2 aromatic rings. The summed E-state index contributed by atoms with van der Waals surface area (Å²) in [6.45, 7) is -0.863. The van der Waals surface area contributed by atoms with Gasteiger partial charge in [-0.05, 0) is 43.3 Å². The molecule has 32 heavy (non-hydrogen) atoms. The zero-order chi connectivity index (χ0) is 23.3. The molecule has 7 nitrogen and oxygen atoms in total. The average Bonchev–Trinajstić information content (AvgIpc) is 2.77. The van der Waals surface area contributed by atoms with Crippen LogP contribution in [0.3, 0.4) is 0 Å². The number of benzene rings is 2. The van der Waals surface area contributed by atoms with Gasteiger partial charge in [-0.2, -0.15) is 8.78 Å². The highest BCUT2D eigenvalue weighted by Gasteiger charge is 2.24. The Kier molecular flexibility index (Phi) is 7.34. The SMILES string of the molecule is CC(=O)c1ccc(N2CCN(C(=O)COC(=O)c3cccc(OC(F)F)c3)CC2)c(F)c1. The maximum Gasteiger partial charge on any atom is 0.387 e. The van der Waals surface area contributed by atoms with Gasteiger partial charge in [-0.3, -0.25) is 9.59 Å². The Morgan fingerprint density at radius 2 is 1.72 bits per heavy atom. The molecule has 1 aliphatic rings. The lowest BCUT2D eigenvalue weighted by atomic mass is 10.1. The Balaban J connectivity index is 1.51. The number of carbonyl (C=O) groups excluding carboxylic acids is 3. The summed E-state index contributed by atoms with van der Waals surface area (Å²) in [5, 5.41) is 0. The molecule has 1 saturated heterocycles. The van der Waals surface area contributed by atoms with E-state index in [9.17, 15) is 27.6 Å². The lowest BCUT2D eigenvalue weighted by molar-refractivity contribution is -0.134. The monoisotopic (exact) mass is 450 g/mol. The van der Waals surface area contributed by atoms with Crippen molar-refractivity contribution >= 4 is 23.3 Å². The minimum atomic E-state index is -3.03. The summed E-state index contributed by atoms with van der Waals surface area (Å²) >= 11 is 0. The lowest BCUT2D eigenvalue weighted by Crippen LogP contribution is -2.50. The number of halogens is 3. The number of amides is 1. The van der Waals surface area contributed by atoms with Crippen LogP contribution in [0.1, 0.15) is 27.6 Å². The summed E-state index contributed by atoms with van der Waals surface area (Å²) in [7, 11) is 0. The number of esters is 1. The fraction of sp³-hybridized carbons (Fsp3) is 0.318. The number of Topliss-reactive ketones (excluding diaryl/α,β-unsaturated/α-hetero) is 1. The van der Waals surface area contributed by atoms with Crippen LogP contribution in [-0.2, 0) is 9.53 Å². The number of ether oxygens (including phenoxy) is 2. The standard InChI is InChI=1S/C22H21F3N2O5/c1-14(28)15-5-6-19(18(23)12-15)26-7-9-27(10-8-26)20(29)13-31-21(30)16-3-2-4-17(11-16)32-22(24)25/h2-6,11-12,22H,7-10,13H2,1H3. The smallest absolute Gasteiger partial charge is 0.387 e. The van der Waals surface area contributed by atoms with Crippen LogP contribution in [0, 0.1) is 5.82 Å². The Hall–Kier alpha value is -3.56. The molecule has 1 fully saturated rings. The molecule has 2 aromatic carbocycles. The molecule has 170 valence electrons. The van der Waals surface area contributed by atoms with Crippen molar-refractivity contribution in [1.82, 2.24) is 4.90 Å². The van der Waals surface area contributed by atoms with Gasteiger partial charge in [0, 0.05) is 31.7 Å². The van der Waals surface area contributed by atoms with E-state index in [4.69, 9.17) is 4.74 Å². The fourth-order valence-electron chi connectivity index (χ4n) is 3.28. The summed E-state index contributed by atoms with van der Waals surface area (Å²) in [4.78, 5) is 39.1. The molecule has 0 radical (unpaired) electrons. The Morgan fingerprint density at radius 3 is 2.34 bits per heavy atom. The summed E-state index contributed by atoms with van der Waals surface area (Å²) in [6.07, 6.45) is 0. The lowest BCUT2D eigenvalue weighted by Gasteiger charge is -2.36. The molecule has 0 unspecified atom stereocenters. The molecule has 0 N–H and O–H groups in total. The number of alkyl halides is 2. The van der Waals surface area contributed by atoms with E-state index in [1.165, 1.54) is 42.2 Å². The predicted octanol–water partition coefficient (Wildman–Crippen LogP) is 3.14. The maximum atomic E-state index is 14.3. The molecule has 3 rings (SSSR count). The van der Waals surface area contributed by atoms with Crippen LogP contribution in [0.4, 0.5) is 18.9 Å². The number of anilines is 1. The second-order valence-electron chi connectivity index (χ2n) is 7.07. The van der Waals surface area contributed by atoms with Gasteiger partial charge >= 0.3 is 12.6 Å². The minimum Gasteiger partial charge on any atom is -0.452 e.